The lowest BCUT2D eigenvalue weighted by atomic mass is 9.79. The van der Waals surface area contributed by atoms with Crippen LogP contribution in [0.5, 0.6) is 0 Å². The van der Waals surface area contributed by atoms with Crippen molar-refractivity contribution in [1.29, 1.82) is 0 Å². The minimum absolute atomic E-state index is 0.0695. The van der Waals surface area contributed by atoms with Crippen molar-refractivity contribution < 1.29 is 14.3 Å². The van der Waals surface area contributed by atoms with Gasteiger partial charge in [0.2, 0.25) is 5.91 Å². The standard InChI is InChI=1S/C17H22ClNO3/c1-2-22-17(21)15(12-6-4-3-5-7-12)16(20)19-14-10-8-13(18)9-11-14/h8-12,15H,2-7H2,1H3,(H,19,20). The van der Waals surface area contributed by atoms with Crippen molar-refractivity contribution in [2.24, 2.45) is 11.8 Å². The van der Waals surface area contributed by atoms with Crippen molar-refractivity contribution in [3.8, 4) is 0 Å². The Balaban J connectivity index is 2.10. The van der Waals surface area contributed by atoms with Crippen molar-refractivity contribution in [3.63, 3.8) is 0 Å². The van der Waals surface area contributed by atoms with Gasteiger partial charge in [-0.2, -0.15) is 0 Å². The summed E-state index contributed by atoms with van der Waals surface area (Å²) < 4.78 is 5.11. The van der Waals surface area contributed by atoms with Crippen LogP contribution in [0.2, 0.25) is 5.02 Å². The highest BCUT2D eigenvalue weighted by molar-refractivity contribution is 6.30. The third kappa shape index (κ3) is 4.47. The summed E-state index contributed by atoms with van der Waals surface area (Å²) in [4.78, 5) is 24.8. The molecule has 1 unspecified atom stereocenters. The Morgan fingerprint density at radius 3 is 2.45 bits per heavy atom. The number of carbonyl (C=O) groups is 2. The molecule has 1 aromatic rings. The molecule has 1 atom stereocenters. The number of hydrogen-bond acceptors (Lipinski definition) is 3. The van der Waals surface area contributed by atoms with Crippen molar-refractivity contribution in [2.45, 2.75) is 39.0 Å². The van der Waals surface area contributed by atoms with Crippen LogP contribution in [0.25, 0.3) is 0 Å². The lowest BCUT2D eigenvalue weighted by molar-refractivity contribution is -0.153. The summed E-state index contributed by atoms with van der Waals surface area (Å²) in [5.74, 6) is -1.36. The van der Waals surface area contributed by atoms with E-state index in [-0.39, 0.29) is 18.4 Å². The molecule has 1 fully saturated rings. The van der Waals surface area contributed by atoms with Crippen LogP contribution >= 0.6 is 11.6 Å². The second-order valence-corrected chi connectivity index (χ2v) is 6.06. The molecule has 120 valence electrons. The van der Waals surface area contributed by atoms with E-state index in [4.69, 9.17) is 16.3 Å². The summed E-state index contributed by atoms with van der Waals surface area (Å²) >= 11 is 5.84. The predicted molar refractivity (Wildman–Crippen MR) is 86.8 cm³/mol. The summed E-state index contributed by atoms with van der Waals surface area (Å²) in [5, 5.41) is 3.41. The lowest BCUT2D eigenvalue weighted by Crippen LogP contribution is -2.37. The average Bonchev–Trinajstić information content (AvgIpc) is 2.51. The molecule has 1 aliphatic rings. The second kappa shape index (κ2) is 8.18. The van der Waals surface area contributed by atoms with Gasteiger partial charge in [-0.25, -0.2) is 0 Å². The monoisotopic (exact) mass is 323 g/mol. The highest BCUT2D eigenvalue weighted by Crippen LogP contribution is 2.31. The normalized spacial score (nSPS) is 16.8. The van der Waals surface area contributed by atoms with Gasteiger partial charge in [0.1, 0.15) is 5.92 Å². The van der Waals surface area contributed by atoms with Gasteiger partial charge in [0.05, 0.1) is 6.61 Å². The van der Waals surface area contributed by atoms with Gasteiger partial charge >= 0.3 is 5.97 Å². The van der Waals surface area contributed by atoms with E-state index < -0.39 is 11.9 Å². The maximum Gasteiger partial charge on any atom is 0.318 e. The van der Waals surface area contributed by atoms with Gasteiger partial charge in [-0.15, -0.1) is 0 Å². The zero-order valence-electron chi connectivity index (χ0n) is 12.8. The summed E-state index contributed by atoms with van der Waals surface area (Å²) in [7, 11) is 0. The SMILES string of the molecule is CCOC(=O)C(C(=O)Nc1ccc(Cl)cc1)C1CCCCC1. The Kier molecular flexibility index (Phi) is 6.25. The van der Waals surface area contributed by atoms with E-state index in [2.05, 4.69) is 5.32 Å². The van der Waals surface area contributed by atoms with Crippen LogP contribution in [0, 0.1) is 11.8 Å². The number of esters is 1. The van der Waals surface area contributed by atoms with Gasteiger partial charge < -0.3 is 10.1 Å². The maximum atomic E-state index is 12.6. The van der Waals surface area contributed by atoms with Gasteiger partial charge in [-0.1, -0.05) is 30.9 Å². The fourth-order valence-electron chi connectivity index (χ4n) is 2.97. The van der Waals surface area contributed by atoms with Crippen LogP contribution in [0.1, 0.15) is 39.0 Å². The Morgan fingerprint density at radius 1 is 1.23 bits per heavy atom. The topological polar surface area (TPSA) is 55.4 Å². The Hall–Kier alpha value is -1.55. The molecule has 0 saturated heterocycles. The molecule has 1 aromatic carbocycles. The number of benzene rings is 1. The molecule has 0 heterocycles. The Bertz CT molecular complexity index is 509. The number of ether oxygens (including phenoxy) is 1. The number of rotatable bonds is 5. The molecule has 5 heteroatoms. The van der Waals surface area contributed by atoms with Crippen LogP contribution in [-0.4, -0.2) is 18.5 Å². The fraction of sp³-hybridized carbons (Fsp3) is 0.529. The van der Waals surface area contributed by atoms with E-state index in [0.29, 0.717) is 10.7 Å². The molecule has 0 aliphatic heterocycles. The van der Waals surface area contributed by atoms with Gasteiger partial charge in [0.25, 0.3) is 0 Å². The minimum Gasteiger partial charge on any atom is -0.465 e. The number of anilines is 1. The van der Waals surface area contributed by atoms with Crippen molar-refractivity contribution in [1.82, 2.24) is 0 Å². The molecule has 1 aliphatic carbocycles. The molecular formula is C17H22ClNO3. The summed E-state index contributed by atoms with van der Waals surface area (Å²) in [6.07, 6.45) is 5.10. The molecule has 0 radical (unpaired) electrons. The molecule has 4 nitrogen and oxygen atoms in total. The molecule has 0 spiro atoms. The van der Waals surface area contributed by atoms with E-state index >= 15 is 0 Å². The Labute approximate surface area is 136 Å². The molecule has 1 amide bonds. The molecular weight excluding hydrogens is 302 g/mol. The number of carbonyl (C=O) groups excluding carboxylic acids is 2. The van der Waals surface area contributed by atoms with Crippen LogP contribution in [0.3, 0.4) is 0 Å². The third-order valence-electron chi connectivity index (χ3n) is 4.06. The molecule has 2 rings (SSSR count). The first kappa shape index (κ1) is 16.8. The number of nitrogens with one attached hydrogen (secondary N) is 1. The van der Waals surface area contributed by atoms with Gasteiger partial charge in [-0.3, -0.25) is 9.59 Å². The van der Waals surface area contributed by atoms with Gasteiger partial charge in [0.15, 0.2) is 0 Å². The van der Waals surface area contributed by atoms with Crippen molar-refractivity contribution in [3.05, 3.63) is 29.3 Å². The van der Waals surface area contributed by atoms with Crippen molar-refractivity contribution >= 4 is 29.2 Å². The maximum absolute atomic E-state index is 12.6. The summed E-state index contributed by atoms with van der Waals surface area (Å²) in [5.41, 5.74) is 0.638. The van der Waals surface area contributed by atoms with Crippen LogP contribution in [0.15, 0.2) is 24.3 Å². The molecule has 1 N–H and O–H groups in total. The third-order valence-corrected chi connectivity index (χ3v) is 4.31. The number of amides is 1. The Morgan fingerprint density at radius 2 is 1.86 bits per heavy atom. The number of halogens is 1. The first-order chi connectivity index (χ1) is 10.6. The molecule has 1 saturated carbocycles. The zero-order chi connectivity index (χ0) is 15.9. The summed E-state index contributed by atoms with van der Waals surface area (Å²) in [6, 6.07) is 6.86. The van der Waals surface area contributed by atoms with Crippen molar-refractivity contribution in [2.75, 3.05) is 11.9 Å². The number of hydrogen-bond donors (Lipinski definition) is 1. The lowest BCUT2D eigenvalue weighted by Gasteiger charge is -2.27. The van der Waals surface area contributed by atoms with Crippen LogP contribution < -0.4 is 5.32 Å². The van der Waals surface area contributed by atoms with E-state index in [1.54, 1.807) is 31.2 Å². The predicted octanol–water partition coefficient (Wildman–Crippen LogP) is 4.04. The first-order valence-corrected chi connectivity index (χ1v) is 8.22. The minimum atomic E-state index is -0.726. The van der Waals surface area contributed by atoms with Crippen LogP contribution in [0.4, 0.5) is 5.69 Å². The second-order valence-electron chi connectivity index (χ2n) is 5.62. The molecule has 22 heavy (non-hydrogen) atoms. The molecule has 0 aromatic heterocycles. The van der Waals surface area contributed by atoms with Gasteiger partial charge in [-0.05, 0) is 49.9 Å². The highest BCUT2D eigenvalue weighted by Gasteiger charge is 2.36. The first-order valence-electron chi connectivity index (χ1n) is 7.85. The largest absolute Gasteiger partial charge is 0.465 e. The van der Waals surface area contributed by atoms with E-state index in [9.17, 15) is 9.59 Å². The molecule has 0 bridgehead atoms. The zero-order valence-corrected chi connectivity index (χ0v) is 13.6. The van der Waals surface area contributed by atoms with Gasteiger partial charge in [0, 0.05) is 10.7 Å². The smallest absolute Gasteiger partial charge is 0.318 e. The van der Waals surface area contributed by atoms with E-state index in [0.717, 1.165) is 25.7 Å². The van der Waals surface area contributed by atoms with E-state index in [1.165, 1.54) is 6.42 Å². The average molecular weight is 324 g/mol. The van der Waals surface area contributed by atoms with Crippen LogP contribution in [-0.2, 0) is 14.3 Å². The fourth-order valence-corrected chi connectivity index (χ4v) is 3.09. The highest BCUT2D eigenvalue weighted by atomic mass is 35.5. The van der Waals surface area contributed by atoms with E-state index in [1.807, 2.05) is 0 Å². The summed E-state index contributed by atoms with van der Waals surface area (Å²) in [6.45, 7) is 2.04. The quantitative estimate of drug-likeness (QED) is 0.657.